The summed E-state index contributed by atoms with van der Waals surface area (Å²) in [4.78, 5) is 24.6. The highest BCUT2D eigenvalue weighted by Crippen LogP contribution is 2.25. The van der Waals surface area contributed by atoms with Crippen LogP contribution in [0.3, 0.4) is 0 Å². The van der Waals surface area contributed by atoms with Crippen LogP contribution in [0.5, 0.6) is 0 Å². The molecule has 33 heavy (non-hydrogen) atoms. The average molecular weight is 536 g/mol. The number of aryl methyl sites for hydroxylation is 1. The Bertz CT molecular complexity index is 925. The van der Waals surface area contributed by atoms with Gasteiger partial charge >= 0.3 is 0 Å². The number of hydrogen-bond donors (Lipinski definition) is 2. The number of anilines is 2. The van der Waals surface area contributed by atoms with Crippen molar-refractivity contribution in [2.75, 3.05) is 16.9 Å². The first-order chi connectivity index (χ1) is 15.6. The van der Waals surface area contributed by atoms with Crippen LogP contribution in [-0.2, 0) is 6.54 Å². The number of thioether (sulfide) groups is 1. The summed E-state index contributed by atoms with van der Waals surface area (Å²) in [7, 11) is 0. The molecule has 2 N–H and O–H groups in total. The molecule has 0 unspecified atom stereocenters. The van der Waals surface area contributed by atoms with Gasteiger partial charge in [0.2, 0.25) is 11.9 Å². The van der Waals surface area contributed by atoms with E-state index in [1.54, 1.807) is 3.96 Å². The molecule has 11 heteroatoms. The van der Waals surface area contributed by atoms with Gasteiger partial charge in [-0.25, -0.2) is 0 Å². The van der Waals surface area contributed by atoms with Gasteiger partial charge in [0.15, 0.2) is 5.16 Å². The normalized spacial score (nSPS) is 13.4. The zero-order valence-electron chi connectivity index (χ0n) is 20.2. The molecule has 0 radical (unpaired) electrons. The summed E-state index contributed by atoms with van der Waals surface area (Å²) in [5, 5.41) is 7.49. The van der Waals surface area contributed by atoms with Gasteiger partial charge in [0.25, 0.3) is 5.56 Å². The number of unbranched alkanes of at least 4 members (excludes halogenated alkanes) is 5. The fourth-order valence-corrected chi connectivity index (χ4v) is 4.57. The molecule has 0 saturated heterocycles. The fourth-order valence-electron chi connectivity index (χ4n) is 2.87. The first kappa shape index (κ1) is 28.2. The maximum atomic E-state index is 11.5. The van der Waals surface area contributed by atoms with E-state index in [2.05, 4.69) is 53.3 Å². The molecule has 1 saturated carbocycles. The standard InChI is InChI=1S/C11H17Cl2NOS.C11H19N5S/c1-2-3-4-5-6-7-8-14-11(15)9(12)10(13)16-14;1-11(2,3)16-9-13-8(12-7-5-6-7)14-10(15-9)17-4/h2-8H2,1H3;7H,5-6H2,1-4H3,(H2,12,13,14,15,16). The summed E-state index contributed by atoms with van der Waals surface area (Å²) in [6.45, 7) is 9.20. The molecule has 186 valence electrons. The third kappa shape index (κ3) is 10.8. The van der Waals surface area contributed by atoms with E-state index < -0.39 is 0 Å². The Morgan fingerprint density at radius 2 is 1.70 bits per heavy atom. The van der Waals surface area contributed by atoms with Gasteiger partial charge < -0.3 is 10.6 Å². The van der Waals surface area contributed by atoms with Gasteiger partial charge in [0.1, 0.15) is 9.36 Å². The molecule has 2 aromatic heterocycles. The molecule has 2 aromatic rings. The van der Waals surface area contributed by atoms with Crippen LogP contribution in [0.1, 0.15) is 79.1 Å². The van der Waals surface area contributed by atoms with E-state index >= 15 is 0 Å². The lowest BCUT2D eigenvalue weighted by molar-refractivity contribution is 0.569. The number of hydrogen-bond acceptors (Lipinski definition) is 8. The van der Waals surface area contributed by atoms with Crippen molar-refractivity contribution in [3.8, 4) is 0 Å². The average Bonchev–Trinajstić information content (AvgIpc) is 3.53. The molecule has 1 aliphatic rings. The van der Waals surface area contributed by atoms with E-state index in [0.29, 0.717) is 22.3 Å². The van der Waals surface area contributed by atoms with Gasteiger partial charge in [0.05, 0.1) is 0 Å². The monoisotopic (exact) mass is 534 g/mol. The molecule has 0 aromatic carbocycles. The van der Waals surface area contributed by atoms with Crippen LogP contribution in [0.4, 0.5) is 11.9 Å². The van der Waals surface area contributed by atoms with Crippen LogP contribution in [0, 0.1) is 0 Å². The van der Waals surface area contributed by atoms with Gasteiger partial charge in [-0.1, -0.05) is 74.0 Å². The number of rotatable bonds is 11. The second kappa shape index (κ2) is 13.8. The molecule has 0 aliphatic heterocycles. The Morgan fingerprint density at radius 3 is 2.24 bits per heavy atom. The highest BCUT2D eigenvalue weighted by atomic mass is 35.5. The molecule has 3 rings (SSSR count). The molecule has 7 nitrogen and oxygen atoms in total. The van der Waals surface area contributed by atoms with E-state index in [4.69, 9.17) is 23.2 Å². The van der Waals surface area contributed by atoms with Crippen LogP contribution < -0.4 is 16.2 Å². The molecule has 2 heterocycles. The van der Waals surface area contributed by atoms with Crippen molar-refractivity contribution in [2.24, 2.45) is 0 Å². The highest BCUT2D eigenvalue weighted by Gasteiger charge is 2.23. The number of nitrogens with zero attached hydrogens (tertiary/aromatic N) is 4. The Labute approximate surface area is 215 Å². The molecule has 0 bridgehead atoms. The molecule has 0 amide bonds. The smallest absolute Gasteiger partial charge is 0.280 e. The second-order valence-corrected chi connectivity index (χ2v) is 11.9. The van der Waals surface area contributed by atoms with E-state index in [9.17, 15) is 4.79 Å². The van der Waals surface area contributed by atoms with E-state index in [1.165, 1.54) is 68.2 Å². The minimum absolute atomic E-state index is 0.0477. The third-order valence-corrected chi connectivity index (χ3v) is 7.12. The third-order valence-electron chi connectivity index (χ3n) is 4.69. The van der Waals surface area contributed by atoms with E-state index in [-0.39, 0.29) is 16.1 Å². The summed E-state index contributed by atoms with van der Waals surface area (Å²) >= 11 is 14.3. The zero-order valence-corrected chi connectivity index (χ0v) is 23.4. The van der Waals surface area contributed by atoms with Gasteiger partial charge in [-0.3, -0.25) is 8.75 Å². The molecule has 0 atom stereocenters. The molecular weight excluding hydrogens is 499 g/mol. The predicted molar refractivity (Wildman–Crippen MR) is 144 cm³/mol. The summed E-state index contributed by atoms with van der Waals surface area (Å²) in [6.07, 6.45) is 11.7. The number of aromatic nitrogens is 4. The van der Waals surface area contributed by atoms with Gasteiger partial charge in [-0.2, -0.15) is 15.0 Å². The minimum Gasteiger partial charge on any atom is -0.351 e. The SMILES string of the molecule is CCCCCCCCn1sc(Cl)c(Cl)c1=O.CSc1nc(NC2CC2)nc(NC(C)(C)C)n1. The maximum Gasteiger partial charge on any atom is 0.280 e. The van der Waals surface area contributed by atoms with Gasteiger partial charge in [-0.05, 0) is 57.8 Å². The van der Waals surface area contributed by atoms with Crippen LogP contribution in [0.25, 0.3) is 0 Å². The predicted octanol–water partition coefficient (Wildman–Crippen LogP) is 6.96. The Balaban J connectivity index is 0.000000234. The quantitative estimate of drug-likeness (QED) is 0.238. The number of halogens is 2. The molecular formula is C22H36Cl2N6OS2. The van der Waals surface area contributed by atoms with Crippen molar-refractivity contribution in [2.45, 2.75) is 102 Å². The van der Waals surface area contributed by atoms with Crippen LogP contribution in [0.15, 0.2) is 9.95 Å². The largest absolute Gasteiger partial charge is 0.351 e. The highest BCUT2D eigenvalue weighted by molar-refractivity contribution is 7.98. The van der Waals surface area contributed by atoms with Crippen LogP contribution >= 0.6 is 46.5 Å². The first-order valence-corrected chi connectivity index (χ1v) is 14.3. The lowest BCUT2D eigenvalue weighted by Crippen LogP contribution is -2.28. The Hall–Kier alpha value is -1.03. The fraction of sp³-hybridized carbons (Fsp3) is 0.727. The van der Waals surface area contributed by atoms with Crippen molar-refractivity contribution in [3.05, 3.63) is 19.7 Å². The van der Waals surface area contributed by atoms with Crippen molar-refractivity contribution >= 4 is 58.4 Å². The number of nitrogens with one attached hydrogen (secondary N) is 2. The van der Waals surface area contributed by atoms with E-state index in [1.807, 2.05) is 6.26 Å². The first-order valence-electron chi connectivity index (χ1n) is 11.5. The van der Waals surface area contributed by atoms with Gasteiger partial charge in [0, 0.05) is 18.1 Å². The summed E-state index contributed by atoms with van der Waals surface area (Å²) in [5.41, 5.74) is -0.196. The van der Waals surface area contributed by atoms with Crippen LogP contribution in [-0.4, -0.2) is 36.7 Å². The van der Waals surface area contributed by atoms with Crippen LogP contribution in [0.2, 0.25) is 9.36 Å². The summed E-state index contributed by atoms with van der Waals surface area (Å²) < 4.78 is 2.04. The van der Waals surface area contributed by atoms with Crippen molar-refractivity contribution in [1.29, 1.82) is 0 Å². The molecule has 0 spiro atoms. The second-order valence-electron chi connectivity index (χ2n) is 9.12. The Kier molecular flexibility index (Phi) is 11.8. The lowest BCUT2D eigenvalue weighted by Gasteiger charge is -2.20. The minimum atomic E-state index is -0.148. The topological polar surface area (TPSA) is 84.7 Å². The van der Waals surface area contributed by atoms with Crippen molar-refractivity contribution in [3.63, 3.8) is 0 Å². The molecule has 1 aliphatic carbocycles. The molecule has 1 fully saturated rings. The Morgan fingerprint density at radius 1 is 1.06 bits per heavy atom. The maximum absolute atomic E-state index is 11.5. The van der Waals surface area contributed by atoms with Gasteiger partial charge in [-0.15, -0.1) is 0 Å². The van der Waals surface area contributed by atoms with Crippen molar-refractivity contribution in [1.82, 2.24) is 18.9 Å². The summed E-state index contributed by atoms with van der Waals surface area (Å²) in [5.74, 6) is 1.32. The summed E-state index contributed by atoms with van der Waals surface area (Å²) in [6, 6.07) is 0.551. The zero-order chi connectivity index (χ0) is 24.4. The van der Waals surface area contributed by atoms with Crippen molar-refractivity contribution < 1.29 is 0 Å². The van der Waals surface area contributed by atoms with E-state index in [0.717, 1.165) is 18.1 Å². The lowest BCUT2D eigenvalue weighted by atomic mass is 10.1.